The maximum atomic E-state index is 11.2. The van der Waals surface area contributed by atoms with E-state index in [1.807, 2.05) is 27.9 Å². The van der Waals surface area contributed by atoms with Crippen LogP contribution in [-0.4, -0.2) is 45.5 Å². The lowest BCUT2D eigenvalue weighted by Gasteiger charge is -2.09. The summed E-state index contributed by atoms with van der Waals surface area (Å²) >= 11 is 0. The molecule has 0 aromatic heterocycles. The summed E-state index contributed by atoms with van der Waals surface area (Å²) < 4.78 is 0. The molecule has 0 saturated carbocycles. The predicted molar refractivity (Wildman–Crippen MR) is 58.5 cm³/mol. The molecular weight excluding hydrogens is 194 g/mol. The normalized spacial score (nSPS) is 10.5. The van der Waals surface area contributed by atoms with Crippen molar-refractivity contribution in [1.82, 2.24) is 10.6 Å². The molecule has 0 atom stereocenters. The smallest absolute Gasteiger partial charge is 0.309 e. The zero-order valence-electron chi connectivity index (χ0n) is 10.0. The molecule has 0 aliphatic carbocycles. The Morgan fingerprint density at radius 1 is 1.13 bits per heavy atom. The van der Waals surface area contributed by atoms with Crippen LogP contribution in [0.25, 0.3) is 0 Å². The minimum Gasteiger partial charge on any atom is -0.348 e. The Morgan fingerprint density at radius 2 is 1.67 bits per heavy atom. The van der Waals surface area contributed by atoms with E-state index >= 15 is 0 Å². The number of carbonyl (C=O) groups is 2. The lowest BCUT2D eigenvalue weighted by atomic mass is 10.2. The van der Waals surface area contributed by atoms with Gasteiger partial charge in [-0.1, -0.05) is 13.8 Å². The zero-order chi connectivity index (χ0) is 11.8. The molecule has 0 unspecified atom stereocenters. The minimum absolute atomic E-state index is 0.355. The number of hydrogen-bond donors (Lipinski definition) is 3. The summed E-state index contributed by atoms with van der Waals surface area (Å²) in [7, 11) is 3.98. The topological polar surface area (TPSA) is 62.6 Å². The van der Waals surface area contributed by atoms with Crippen LogP contribution in [0.1, 0.15) is 13.8 Å². The van der Waals surface area contributed by atoms with E-state index in [4.69, 9.17) is 0 Å². The van der Waals surface area contributed by atoms with Gasteiger partial charge in [0.1, 0.15) is 0 Å². The first-order valence-electron chi connectivity index (χ1n) is 5.28. The lowest BCUT2D eigenvalue weighted by Crippen LogP contribution is -3.06. The van der Waals surface area contributed by atoms with Crippen LogP contribution in [0.5, 0.6) is 0 Å². The molecule has 0 bridgehead atoms. The van der Waals surface area contributed by atoms with Crippen LogP contribution in [0, 0.1) is 5.92 Å². The van der Waals surface area contributed by atoms with Crippen molar-refractivity contribution >= 4 is 11.8 Å². The van der Waals surface area contributed by atoms with Gasteiger partial charge in [0.15, 0.2) is 0 Å². The minimum atomic E-state index is -0.545. The largest absolute Gasteiger partial charge is 0.348 e. The summed E-state index contributed by atoms with van der Waals surface area (Å²) in [4.78, 5) is 23.6. The molecule has 0 aliphatic rings. The van der Waals surface area contributed by atoms with Crippen molar-refractivity contribution in [3.63, 3.8) is 0 Å². The van der Waals surface area contributed by atoms with Crippen molar-refractivity contribution in [2.75, 3.05) is 33.7 Å². The second-order valence-corrected chi connectivity index (χ2v) is 4.32. The molecule has 15 heavy (non-hydrogen) atoms. The third-order valence-electron chi connectivity index (χ3n) is 1.79. The first-order chi connectivity index (χ1) is 6.93. The van der Waals surface area contributed by atoms with Crippen molar-refractivity contribution in [2.45, 2.75) is 13.8 Å². The zero-order valence-corrected chi connectivity index (χ0v) is 10.0. The highest BCUT2D eigenvalue weighted by atomic mass is 16.2. The van der Waals surface area contributed by atoms with Gasteiger partial charge in [-0.05, 0) is 5.92 Å². The third kappa shape index (κ3) is 7.93. The molecule has 0 rings (SSSR count). The summed E-state index contributed by atoms with van der Waals surface area (Å²) in [6.45, 7) is 5.83. The second-order valence-electron chi connectivity index (χ2n) is 4.32. The monoisotopic (exact) mass is 216 g/mol. The van der Waals surface area contributed by atoms with Gasteiger partial charge in [0.05, 0.1) is 27.2 Å². The van der Waals surface area contributed by atoms with Gasteiger partial charge >= 0.3 is 11.8 Å². The number of amides is 2. The molecule has 3 N–H and O–H groups in total. The van der Waals surface area contributed by atoms with Gasteiger partial charge < -0.3 is 15.5 Å². The van der Waals surface area contributed by atoms with Crippen LogP contribution in [0.3, 0.4) is 0 Å². The number of quaternary nitrogens is 1. The van der Waals surface area contributed by atoms with Crippen LogP contribution in [0.4, 0.5) is 0 Å². The first kappa shape index (κ1) is 13.9. The Balaban J connectivity index is 3.65. The maximum Gasteiger partial charge on any atom is 0.309 e. The summed E-state index contributed by atoms with van der Waals surface area (Å²) in [6, 6.07) is 0. The van der Waals surface area contributed by atoms with Crippen LogP contribution >= 0.6 is 0 Å². The maximum absolute atomic E-state index is 11.2. The third-order valence-corrected chi connectivity index (χ3v) is 1.79. The van der Waals surface area contributed by atoms with Gasteiger partial charge in [-0.2, -0.15) is 0 Å². The fraction of sp³-hybridized carbons (Fsp3) is 0.800. The van der Waals surface area contributed by atoms with Crippen molar-refractivity contribution in [2.24, 2.45) is 5.92 Å². The van der Waals surface area contributed by atoms with E-state index in [-0.39, 0.29) is 0 Å². The molecular formula is C10H22N3O2+. The van der Waals surface area contributed by atoms with Crippen molar-refractivity contribution in [1.29, 1.82) is 0 Å². The molecule has 0 spiro atoms. The Morgan fingerprint density at radius 3 is 2.13 bits per heavy atom. The number of likely N-dealkylation sites (N-methyl/N-ethyl adjacent to an activating group) is 1. The lowest BCUT2D eigenvalue weighted by molar-refractivity contribution is -0.856. The Bertz CT molecular complexity index is 215. The molecule has 0 aliphatic heterocycles. The molecule has 0 aromatic rings. The van der Waals surface area contributed by atoms with Crippen LogP contribution in [0.2, 0.25) is 0 Å². The predicted octanol–water partition coefficient (Wildman–Crippen LogP) is -1.98. The number of nitrogens with one attached hydrogen (secondary N) is 3. The van der Waals surface area contributed by atoms with Gasteiger partial charge in [0, 0.05) is 6.54 Å². The summed E-state index contributed by atoms with van der Waals surface area (Å²) in [5.41, 5.74) is 0. The summed E-state index contributed by atoms with van der Waals surface area (Å²) in [5.74, 6) is -0.734. The number of carbonyl (C=O) groups excluding carboxylic acids is 2. The van der Waals surface area contributed by atoms with E-state index in [0.29, 0.717) is 19.0 Å². The van der Waals surface area contributed by atoms with E-state index < -0.39 is 11.8 Å². The Kier molecular flexibility index (Phi) is 6.70. The fourth-order valence-electron chi connectivity index (χ4n) is 0.883. The molecule has 5 heteroatoms. The van der Waals surface area contributed by atoms with Crippen LogP contribution in [0.15, 0.2) is 0 Å². The number of hydrogen-bond acceptors (Lipinski definition) is 2. The van der Waals surface area contributed by atoms with Crippen LogP contribution < -0.4 is 15.5 Å². The van der Waals surface area contributed by atoms with Crippen molar-refractivity contribution in [3.05, 3.63) is 0 Å². The molecule has 2 amide bonds. The van der Waals surface area contributed by atoms with Crippen molar-refractivity contribution in [3.8, 4) is 0 Å². The van der Waals surface area contributed by atoms with E-state index in [9.17, 15) is 9.59 Å². The number of rotatable bonds is 5. The summed E-state index contributed by atoms with van der Waals surface area (Å²) in [5, 5.41) is 5.13. The highest BCUT2D eigenvalue weighted by Crippen LogP contribution is 1.86. The standard InChI is InChI=1S/C10H21N3O2/c1-8(2)7-12-10(15)9(14)11-5-6-13(3)4/h8H,5-7H2,1-4H3,(H,11,14)(H,12,15)/p+1. The SMILES string of the molecule is CC(C)CNC(=O)C(=O)NCC[NH+](C)C. The Labute approximate surface area is 91.2 Å². The second kappa shape index (κ2) is 7.23. The van der Waals surface area contributed by atoms with Gasteiger partial charge in [-0.25, -0.2) is 0 Å². The van der Waals surface area contributed by atoms with Crippen LogP contribution in [-0.2, 0) is 9.59 Å². The van der Waals surface area contributed by atoms with Gasteiger partial charge in [-0.15, -0.1) is 0 Å². The molecule has 0 saturated heterocycles. The van der Waals surface area contributed by atoms with Gasteiger partial charge in [0.2, 0.25) is 0 Å². The molecule has 0 fully saturated rings. The molecule has 5 nitrogen and oxygen atoms in total. The molecule has 0 heterocycles. The average Bonchev–Trinajstić information content (AvgIpc) is 2.13. The molecule has 88 valence electrons. The van der Waals surface area contributed by atoms with Gasteiger partial charge in [-0.3, -0.25) is 9.59 Å². The van der Waals surface area contributed by atoms with Gasteiger partial charge in [0.25, 0.3) is 0 Å². The molecule has 0 aromatic carbocycles. The highest BCUT2D eigenvalue weighted by molar-refractivity contribution is 6.35. The van der Waals surface area contributed by atoms with E-state index in [0.717, 1.165) is 6.54 Å². The highest BCUT2D eigenvalue weighted by Gasteiger charge is 2.12. The fourth-order valence-corrected chi connectivity index (χ4v) is 0.883. The summed E-state index contributed by atoms with van der Waals surface area (Å²) in [6.07, 6.45) is 0. The first-order valence-corrected chi connectivity index (χ1v) is 5.28. The Hall–Kier alpha value is -1.10. The average molecular weight is 216 g/mol. The molecule has 0 radical (unpaired) electrons. The van der Waals surface area contributed by atoms with E-state index in [2.05, 4.69) is 10.6 Å². The quantitative estimate of drug-likeness (QED) is 0.466. The van der Waals surface area contributed by atoms with E-state index in [1.165, 1.54) is 4.90 Å². The van der Waals surface area contributed by atoms with E-state index in [1.54, 1.807) is 0 Å². The van der Waals surface area contributed by atoms with Crippen molar-refractivity contribution < 1.29 is 14.5 Å².